The van der Waals surface area contributed by atoms with Crippen LogP contribution in [0.4, 0.5) is 0 Å². The first-order valence-electron chi connectivity index (χ1n) is 15.0. The van der Waals surface area contributed by atoms with Crippen molar-refractivity contribution < 1.29 is 0 Å². The normalized spacial score (nSPS) is 11.3. The summed E-state index contributed by atoms with van der Waals surface area (Å²) in [5.74, 6) is 11.2. The maximum absolute atomic E-state index is 5.73. The highest BCUT2D eigenvalue weighted by atomic mass is 32.1. The van der Waals surface area contributed by atoms with Crippen LogP contribution >= 0.6 is 26.5 Å². The Morgan fingerprint density at radius 2 is 1.02 bits per heavy atom. The third-order valence-electron chi connectivity index (χ3n) is 8.24. The quantitative estimate of drug-likeness (QED) is 0.122. The molecule has 0 fully saturated rings. The molecule has 1 heterocycles. The van der Waals surface area contributed by atoms with E-state index in [4.69, 9.17) is 6.42 Å². The zero-order chi connectivity index (χ0) is 30.5. The third-order valence-corrected chi connectivity index (χ3v) is 17.6. The van der Waals surface area contributed by atoms with Gasteiger partial charge in [-0.05, 0) is 79.2 Å². The van der Waals surface area contributed by atoms with Crippen LogP contribution in [-0.4, -0.2) is 12.1 Å². The monoisotopic (exact) mass is 629 g/mol. The van der Waals surface area contributed by atoms with Crippen molar-refractivity contribution in [3.05, 3.63) is 169 Å². The van der Waals surface area contributed by atoms with Gasteiger partial charge >= 0.3 is 0 Å². The van der Waals surface area contributed by atoms with Crippen molar-refractivity contribution in [2.24, 2.45) is 0 Å². The molecule has 0 amide bonds. The maximum atomic E-state index is 5.73. The van der Waals surface area contributed by atoms with Crippen LogP contribution in [0.15, 0.2) is 158 Å². The van der Waals surface area contributed by atoms with Crippen LogP contribution in [-0.2, 0) is 0 Å². The second-order valence-corrected chi connectivity index (χ2v) is 18.4. The first kappa shape index (κ1) is 29.2. The van der Waals surface area contributed by atoms with Gasteiger partial charge in [-0.15, -0.1) is 17.8 Å². The Morgan fingerprint density at radius 1 is 0.556 bits per heavy atom. The number of rotatable bonds is 7. The fourth-order valence-electron chi connectivity index (χ4n) is 5.96. The predicted octanol–water partition coefficient (Wildman–Crippen LogP) is 9.15. The summed E-state index contributed by atoms with van der Waals surface area (Å²) in [6, 6.07) is 57.4. The lowest BCUT2D eigenvalue weighted by Gasteiger charge is -2.30. The van der Waals surface area contributed by atoms with Crippen molar-refractivity contribution in [1.82, 2.24) is 0 Å². The Bertz CT molecular complexity index is 2090. The summed E-state index contributed by atoms with van der Waals surface area (Å²) in [7, 11) is -2.61. The SMILES string of the molecule is C#Cc1ccc2sc3ccc(C#CC[P+](CP(c4ccccc4)c4ccccc4)(c4ccccc4)c4ccccc4)cc3c2c1. The second kappa shape index (κ2) is 13.3. The molecule has 0 aliphatic heterocycles. The lowest BCUT2D eigenvalue weighted by molar-refractivity contribution is 1.67. The highest BCUT2D eigenvalue weighted by Crippen LogP contribution is 2.63. The molecule has 7 rings (SSSR count). The van der Waals surface area contributed by atoms with Crippen molar-refractivity contribution >= 4 is 67.9 Å². The van der Waals surface area contributed by atoms with Gasteiger partial charge in [-0.2, -0.15) is 0 Å². The van der Waals surface area contributed by atoms with E-state index in [1.807, 2.05) is 6.07 Å². The van der Waals surface area contributed by atoms with E-state index in [2.05, 4.69) is 169 Å². The van der Waals surface area contributed by atoms with E-state index in [1.54, 1.807) is 11.3 Å². The molecule has 45 heavy (non-hydrogen) atoms. The fraction of sp³-hybridized carbons (Fsp3) is 0.0476. The molecular weight excluding hydrogens is 598 g/mol. The lowest BCUT2D eigenvalue weighted by Crippen LogP contribution is -2.29. The van der Waals surface area contributed by atoms with Crippen LogP contribution in [0.3, 0.4) is 0 Å². The molecule has 0 saturated heterocycles. The molecule has 0 unspecified atom stereocenters. The number of hydrogen-bond donors (Lipinski definition) is 0. The zero-order valence-corrected chi connectivity index (χ0v) is 27.4. The molecule has 6 aromatic carbocycles. The number of thiophene rings is 1. The Balaban J connectivity index is 1.36. The van der Waals surface area contributed by atoms with Gasteiger partial charge in [-0.1, -0.05) is 115 Å². The van der Waals surface area contributed by atoms with Crippen molar-refractivity contribution in [3.8, 4) is 24.2 Å². The summed E-state index contributed by atoms with van der Waals surface area (Å²) in [6.07, 6.45) is 6.54. The van der Waals surface area contributed by atoms with E-state index in [0.29, 0.717) is 0 Å². The first-order chi connectivity index (χ1) is 22.2. The maximum Gasteiger partial charge on any atom is 0.129 e. The largest absolute Gasteiger partial charge is 0.135 e. The lowest BCUT2D eigenvalue weighted by atomic mass is 10.1. The first-order valence-corrected chi connectivity index (χ1v) is 19.5. The van der Waals surface area contributed by atoms with Gasteiger partial charge in [0, 0.05) is 31.3 Å². The number of hydrogen-bond acceptors (Lipinski definition) is 1. The molecule has 0 saturated carbocycles. The van der Waals surface area contributed by atoms with Crippen LogP contribution in [0.25, 0.3) is 20.2 Å². The van der Waals surface area contributed by atoms with Gasteiger partial charge in [0.25, 0.3) is 0 Å². The molecule has 7 aromatic rings. The Labute approximate surface area is 271 Å². The standard InChI is InChI=1S/C42H31P2S/c1-2-33-25-27-41-39(30-33)40-31-34(26-28-42(40)45-41)16-15-29-44(37-21-11-5-12-22-37,38-23-13-6-14-24-38)32-43(35-17-7-3-8-18-35)36-19-9-4-10-20-36/h1,3-14,17-28,30-31H,29,32H2/q+1. The van der Waals surface area contributed by atoms with E-state index in [1.165, 1.54) is 41.4 Å². The van der Waals surface area contributed by atoms with Gasteiger partial charge in [0.15, 0.2) is 0 Å². The minimum atomic E-state index is -1.98. The molecule has 0 spiro atoms. The smallest absolute Gasteiger partial charge is 0.129 e. The van der Waals surface area contributed by atoms with Gasteiger partial charge in [0.05, 0.1) is 13.2 Å². The predicted molar refractivity (Wildman–Crippen MR) is 202 cm³/mol. The van der Waals surface area contributed by atoms with E-state index in [-0.39, 0.29) is 0 Å². The van der Waals surface area contributed by atoms with Crippen molar-refractivity contribution in [2.75, 3.05) is 12.1 Å². The van der Waals surface area contributed by atoms with E-state index >= 15 is 0 Å². The molecule has 214 valence electrons. The van der Waals surface area contributed by atoms with Crippen molar-refractivity contribution in [2.45, 2.75) is 0 Å². The average Bonchev–Trinajstić information content (AvgIpc) is 3.48. The summed E-state index contributed by atoms with van der Waals surface area (Å²) in [5.41, 5.74) is 1.95. The second-order valence-electron chi connectivity index (χ2n) is 11.0. The Kier molecular flexibility index (Phi) is 8.61. The third kappa shape index (κ3) is 6.10. The number of terminal acetylenes is 1. The number of benzene rings is 6. The minimum absolute atomic E-state index is 0.632. The molecular formula is C42H31P2S+. The van der Waals surface area contributed by atoms with Gasteiger partial charge in [0.2, 0.25) is 0 Å². The van der Waals surface area contributed by atoms with Crippen LogP contribution in [0.2, 0.25) is 0 Å². The molecule has 0 N–H and O–H groups in total. The van der Waals surface area contributed by atoms with E-state index in [0.717, 1.165) is 23.2 Å². The molecule has 0 bridgehead atoms. The van der Waals surface area contributed by atoms with Crippen LogP contribution in [0, 0.1) is 24.2 Å². The van der Waals surface area contributed by atoms with Crippen molar-refractivity contribution in [3.63, 3.8) is 0 Å². The Hall–Kier alpha value is -4.48. The topological polar surface area (TPSA) is 0 Å². The summed E-state index contributed by atoms with van der Waals surface area (Å²) in [6.45, 7) is 0. The highest BCUT2D eigenvalue weighted by Gasteiger charge is 2.45. The van der Waals surface area contributed by atoms with Crippen LogP contribution < -0.4 is 21.2 Å². The fourth-order valence-corrected chi connectivity index (χ4v) is 15.8. The Morgan fingerprint density at radius 3 is 1.53 bits per heavy atom. The van der Waals surface area contributed by atoms with Gasteiger partial charge < -0.3 is 0 Å². The summed E-state index contributed by atoms with van der Waals surface area (Å²) in [4.78, 5) is 0. The summed E-state index contributed by atoms with van der Waals surface area (Å²) in [5, 5.41) is 8.06. The molecule has 3 heteroatoms. The van der Waals surface area contributed by atoms with Crippen LogP contribution in [0.5, 0.6) is 0 Å². The van der Waals surface area contributed by atoms with Gasteiger partial charge in [0.1, 0.15) is 16.8 Å². The van der Waals surface area contributed by atoms with Gasteiger partial charge in [-0.3, -0.25) is 0 Å². The zero-order valence-electron chi connectivity index (χ0n) is 24.8. The summed E-state index contributed by atoms with van der Waals surface area (Å²) >= 11 is 1.81. The summed E-state index contributed by atoms with van der Waals surface area (Å²) < 4.78 is 2.51. The number of fused-ring (bicyclic) bond motifs is 3. The van der Waals surface area contributed by atoms with Gasteiger partial charge in [-0.25, -0.2) is 0 Å². The molecule has 0 atom stereocenters. The molecule has 0 aliphatic rings. The van der Waals surface area contributed by atoms with Crippen molar-refractivity contribution in [1.29, 1.82) is 0 Å². The molecule has 0 aliphatic carbocycles. The molecule has 0 radical (unpaired) electrons. The molecule has 0 nitrogen and oxygen atoms in total. The van der Waals surface area contributed by atoms with E-state index < -0.39 is 15.2 Å². The highest BCUT2D eigenvalue weighted by molar-refractivity contribution is 7.98. The van der Waals surface area contributed by atoms with Crippen LogP contribution in [0.1, 0.15) is 11.1 Å². The average molecular weight is 630 g/mol. The van der Waals surface area contributed by atoms with E-state index in [9.17, 15) is 0 Å². The minimum Gasteiger partial charge on any atom is -0.135 e. The molecule has 1 aromatic heterocycles.